The van der Waals surface area contributed by atoms with Crippen LogP contribution in [0.3, 0.4) is 0 Å². The zero-order valence-electron chi connectivity index (χ0n) is 12.4. The molecule has 0 N–H and O–H groups in total. The molecule has 1 unspecified atom stereocenters. The van der Waals surface area contributed by atoms with Gasteiger partial charge in [-0.25, -0.2) is 0 Å². The first-order valence-electron chi connectivity index (χ1n) is 8.05. The molecule has 3 aliphatic rings. The summed E-state index contributed by atoms with van der Waals surface area (Å²) in [6.45, 7) is 1.47. The maximum absolute atomic E-state index is 13.0. The van der Waals surface area contributed by atoms with Gasteiger partial charge in [-0.1, -0.05) is 15.9 Å². The third-order valence-corrected chi connectivity index (χ3v) is 5.44. The molecule has 0 radical (unpaired) electrons. The second-order valence-corrected chi connectivity index (χ2v) is 7.39. The molecule has 4 nitrogen and oxygen atoms in total. The molecular formula is C17H19BrN2O2. The van der Waals surface area contributed by atoms with Crippen molar-refractivity contribution in [3.63, 3.8) is 0 Å². The van der Waals surface area contributed by atoms with Crippen LogP contribution in [-0.4, -0.2) is 35.8 Å². The smallest absolute Gasteiger partial charge is 0.249 e. The predicted molar refractivity (Wildman–Crippen MR) is 87.7 cm³/mol. The molecule has 1 aromatic carbocycles. The number of fused-ring (bicyclic) bond motifs is 1. The highest BCUT2D eigenvalue weighted by atomic mass is 79.9. The van der Waals surface area contributed by atoms with Crippen molar-refractivity contribution in [1.29, 1.82) is 0 Å². The lowest BCUT2D eigenvalue weighted by molar-refractivity contribution is -0.138. The summed E-state index contributed by atoms with van der Waals surface area (Å²) in [7, 11) is 0. The quantitative estimate of drug-likeness (QED) is 0.811. The fraction of sp³-hybridized carbons (Fsp3) is 0.529. The minimum Gasteiger partial charge on any atom is -0.330 e. The minimum atomic E-state index is -0.248. The third-order valence-electron chi connectivity index (χ3n) is 4.95. The summed E-state index contributed by atoms with van der Waals surface area (Å²) in [6.07, 6.45) is 4.63. The Bertz CT molecular complexity index is 642. The van der Waals surface area contributed by atoms with Gasteiger partial charge in [0.1, 0.15) is 6.04 Å². The fourth-order valence-corrected chi connectivity index (χ4v) is 4.04. The number of carbonyl (C=O) groups excluding carboxylic acids is 2. The van der Waals surface area contributed by atoms with Crippen molar-refractivity contribution in [3.8, 4) is 0 Å². The Kier molecular flexibility index (Phi) is 3.48. The first-order valence-corrected chi connectivity index (χ1v) is 8.85. The number of halogens is 1. The second kappa shape index (κ2) is 5.37. The van der Waals surface area contributed by atoms with E-state index in [0.29, 0.717) is 0 Å². The van der Waals surface area contributed by atoms with E-state index < -0.39 is 0 Å². The van der Waals surface area contributed by atoms with Gasteiger partial charge in [-0.15, -0.1) is 0 Å². The van der Waals surface area contributed by atoms with Gasteiger partial charge in [0.25, 0.3) is 0 Å². The highest BCUT2D eigenvalue weighted by Gasteiger charge is 2.43. The summed E-state index contributed by atoms with van der Waals surface area (Å²) in [5.41, 5.74) is 2.22. The molecule has 1 aliphatic carbocycles. The Morgan fingerprint density at radius 1 is 1.09 bits per heavy atom. The maximum atomic E-state index is 13.0. The van der Waals surface area contributed by atoms with E-state index in [0.717, 1.165) is 55.4 Å². The van der Waals surface area contributed by atoms with Crippen LogP contribution in [0.1, 0.15) is 31.2 Å². The van der Waals surface area contributed by atoms with Gasteiger partial charge in [0.15, 0.2) is 0 Å². The van der Waals surface area contributed by atoms with E-state index in [4.69, 9.17) is 0 Å². The Labute approximate surface area is 138 Å². The van der Waals surface area contributed by atoms with Crippen molar-refractivity contribution in [3.05, 3.63) is 28.2 Å². The molecule has 4 rings (SSSR count). The molecular weight excluding hydrogens is 344 g/mol. The Morgan fingerprint density at radius 2 is 1.91 bits per heavy atom. The monoisotopic (exact) mass is 362 g/mol. The van der Waals surface area contributed by atoms with Crippen molar-refractivity contribution in [1.82, 2.24) is 4.90 Å². The predicted octanol–water partition coefficient (Wildman–Crippen LogP) is 2.74. The molecule has 2 fully saturated rings. The molecule has 1 saturated carbocycles. The molecule has 0 spiro atoms. The molecule has 5 heteroatoms. The van der Waals surface area contributed by atoms with E-state index in [1.807, 2.05) is 21.9 Å². The average molecular weight is 363 g/mol. The highest BCUT2D eigenvalue weighted by Crippen LogP contribution is 2.36. The van der Waals surface area contributed by atoms with Gasteiger partial charge in [-0.3, -0.25) is 9.59 Å². The number of carbonyl (C=O) groups is 2. The lowest BCUT2D eigenvalue weighted by Gasteiger charge is -2.28. The molecule has 0 bridgehead atoms. The number of hydrogen-bond acceptors (Lipinski definition) is 2. The van der Waals surface area contributed by atoms with Crippen molar-refractivity contribution in [2.75, 3.05) is 18.0 Å². The molecule has 2 heterocycles. The van der Waals surface area contributed by atoms with Gasteiger partial charge >= 0.3 is 0 Å². The summed E-state index contributed by atoms with van der Waals surface area (Å²) in [5.74, 6) is 0.494. The molecule has 0 aromatic heterocycles. The first-order chi connectivity index (χ1) is 10.6. The number of hydrogen-bond donors (Lipinski definition) is 0. The van der Waals surface area contributed by atoms with E-state index in [9.17, 15) is 9.59 Å². The SMILES string of the molecule is O=C(C1CCCN1C(=O)C1CC1)N1CCc2cc(Br)ccc21. The molecule has 22 heavy (non-hydrogen) atoms. The van der Waals surface area contributed by atoms with Crippen LogP contribution in [0.4, 0.5) is 5.69 Å². The van der Waals surface area contributed by atoms with Gasteiger partial charge in [-0.05, 0) is 55.9 Å². The maximum Gasteiger partial charge on any atom is 0.249 e. The number of nitrogens with zero attached hydrogens (tertiary/aromatic N) is 2. The number of benzene rings is 1. The number of anilines is 1. The van der Waals surface area contributed by atoms with Crippen molar-refractivity contribution in [2.45, 2.75) is 38.1 Å². The third kappa shape index (κ3) is 2.35. The lowest BCUT2D eigenvalue weighted by atomic mass is 10.1. The van der Waals surface area contributed by atoms with Crippen LogP contribution in [0.2, 0.25) is 0 Å². The standard InChI is InChI=1S/C17H19BrN2O2/c18-13-5-6-14-12(10-13)7-9-20(14)17(22)15-2-1-8-19(15)16(21)11-3-4-11/h5-6,10-11,15H,1-4,7-9H2. The summed E-state index contributed by atoms with van der Waals surface area (Å²) in [4.78, 5) is 29.1. The molecule has 2 amide bonds. The summed E-state index contributed by atoms with van der Waals surface area (Å²) >= 11 is 3.48. The van der Waals surface area contributed by atoms with Crippen LogP contribution in [-0.2, 0) is 16.0 Å². The number of likely N-dealkylation sites (tertiary alicyclic amines) is 1. The largest absolute Gasteiger partial charge is 0.330 e. The summed E-state index contributed by atoms with van der Waals surface area (Å²) in [6, 6.07) is 5.82. The van der Waals surface area contributed by atoms with Crippen LogP contribution < -0.4 is 4.90 Å². The summed E-state index contributed by atoms with van der Waals surface area (Å²) < 4.78 is 1.05. The van der Waals surface area contributed by atoms with E-state index in [1.165, 1.54) is 5.56 Å². The average Bonchev–Trinajstić information content (AvgIpc) is 3.10. The van der Waals surface area contributed by atoms with Gasteiger partial charge < -0.3 is 9.80 Å². The molecule has 116 valence electrons. The highest BCUT2D eigenvalue weighted by molar-refractivity contribution is 9.10. The Morgan fingerprint density at radius 3 is 2.68 bits per heavy atom. The molecule has 1 saturated heterocycles. The molecule has 1 atom stereocenters. The van der Waals surface area contributed by atoms with Crippen LogP contribution in [0, 0.1) is 5.92 Å². The van der Waals surface area contributed by atoms with E-state index in [-0.39, 0.29) is 23.8 Å². The zero-order valence-corrected chi connectivity index (χ0v) is 14.0. The van der Waals surface area contributed by atoms with E-state index in [1.54, 1.807) is 0 Å². The van der Waals surface area contributed by atoms with Crippen LogP contribution in [0.25, 0.3) is 0 Å². The lowest BCUT2D eigenvalue weighted by Crippen LogP contribution is -2.48. The number of amides is 2. The Balaban J connectivity index is 1.56. The van der Waals surface area contributed by atoms with Gasteiger partial charge in [0.2, 0.25) is 11.8 Å². The Hall–Kier alpha value is -1.36. The summed E-state index contributed by atoms with van der Waals surface area (Å²) in [5, 5.41) is 0. The first kappa shape index (κ1) is 14.2. The topological polar surface area (TPSA) is 40.6 Å². The zero-order chi connectivity index (χ0) is 15.3. The molecule has 2 aliphatic heterocycles. The number of rotatable bonds is 2. The van der Waals surface area contributed by atoms with Gasteiger partial charge in [-0.2, -0.15) is 0 Å². The van der Waals surface area contributed by atoms with Gasteiger partial charge in [0.05, 0.1) is 0 Å². The van der Waals surface area contributed by atoms with Gasteiger partial charge in [0, 0.05) is 29.2 Å². The van der Waals surface area contributed by atoms with Crippen molar-refractivity contribution >= 4 is 33.4 Å². The molecule has 1 aromatic rings. The van der Waals surface area contributed by atoms with Crippen molar-refractivity contribution < 1.29 is 9.59 Å². The van der Waals surface area contributed by atoms with Crippen molar-refractivity contribution in [2.24, 2.45) is 5.92 Å². The van der Waals surface area contributed by atoms with Crippen LogP contribution in [0.15, 0.2) is 22.7 Å². The minimum absolute atomic E-state index is 0.104. The van der Waals surface area contributed by atoms with Crippen LogP contribution in [0.5, 0.6) is 0 Å². The normalized spacial score (nSPS) is 23.8. The van der Waals surface area contributed by atoms with E-state index in [2.05, 4.69) is 22.0 Å². The van der Waals surface area contributed by atoms with E-state index >= 15 is 0 Å². The fourth-order valence-electron chi connectivity index (χ4n) is 3.63. The second-order valence-electron chi connectivity index (χ2n) is 6.48. The van der Waals surface area contributed by atoms with Crippen LogP contribution >= 0.6 is 15.9 Å².